The predicted molar refractivity (Wildman–Crippen MR) is 66.8 cm³/mol. The van der Waals surface area contributed by atoms with E-state index in [0.29, 0.717) is 0 Å². The number of hydrogen-bond donors (Lipinski definition) is 2. The molecule has 0 aliphatic heterocycles. The van der Waals surface area contributed by atoms with Crippen LogP contribution in [0.4, 0.5) is 5.69 Å². The molecule has 9 nitrogen and oxygen atoms in total. The molecule has 0 unspecified atom stereocenters. The molecule has 0 spiro atoms. The van der Waals surface area contributed by atoms with Gasteiger partial charge in [-0.25, -0.2) is 12.7 Å². The van der Waals surface area contributed by atoms with Gasteiger partial charge in [0.25, 0.3) is 0 Å². The largest absolute Gasteiger partial charge is 0.502 e. The van der Waals surface area contributed by atoms with Crippen molar-refractivity contribution in [3.05, 3.63) is 28.3 Å². The van der Waals surface area contributed by atoms with E-state index < -0.39 is 43.7 Å². The molecule has 1 aromatic rings. The average Bonchev–Trinajstić information content (AvgIpc) is 2.35. The minimum absolute atomic E-state index is 0.271. The second-order valence-corrected chi connectivity index (χ2v) is 5.92. The Morgan fingerprint density at radius 2 is 2.05 bits per heavy atom. The summed E-state index contributed by atoms with van der Waals surface area (Å²) in [5.41, 5.74) is -0.738. The van der Waals surface area contributed by atoms with E-state index in [1.165, 1.54) is 0 Å². The Bertz CT molecular complexity index is 641. The van der Waals surface area contributed by atoms with Crippen molar-refractivity contribution in [1.82, 2.24) is 4.31 Å². The van der Waals surface area contributed by atoms with Crippen LogP contribution in [-0.4, -0.2) is 47.4 Å². The monoisotopic (exact) mass is 304 g/mol. The first-order valence-corrected chi connectivity index (χ1v) is 6.76. The van der Waals surface area contributed by atoms with Gasteiger partial charge >= 0.3 is 11.7 Å². The smallest absolute Gasteiger partial charge is 0.312 e. The molecule has 0 radical (unpaired) electrons. The fourth-order valence-corrected chi connectivity index (χ4v) is 2.56. The molecule has 10 heteroatoms. The lowest BCUT2D eigenvalue weighted by Crippen LogP contribution is -2.29. The minimum Gasteiger partial charge on any atom is -0.502 e. The van der Waals surface area contributed by atoms with Crippen LogP contribution in [0.1, 0.15) is 6.42 Å². The standard InChI is InChI=1S/C10H12N2O7S/c1-11(5-4-10(14)15)20(18,19)7-2-3-9(13)8(6-7)12(16)17/h2-3,6,13H,4-5H2,1H3,(H,14,15). The van der Waals surface area contributed by atoms with Crippen LogP contribution in [0.3, 0.4) is 0 Å². The predicted octanol–water partition coefficient (Wildman–Crippen LogP) is 0.396. The van der Waals surface area contributed by atoms with Gasteiger partial charge in [-0.15, -0.1) is 0 Å². The summed E-state index contributed by atoms with van der Waals surface area (Å²) in [6.45, 7) is -0.271. The highest BCUT2D eigenvalue weighted by Crippen LogP contribution is 2.29. The number of phenolic OH excluding ortho intramolecular Hbond substituents is 1. The highest BCUT2D eigenvalue weighted by molar-refractivity contribution is 7.89. The third-order valence-corrected chi connectivity index (χ3v) is 4.35. The van der Waals surface area contributed by atoms with Crippen LogP contribution in [0.5, 0.6) is 5.75 Å². The Labute approximate surface area is 114 Å². The number of nitrogens with zero attached hydrogens (tertiary/aromatic N) is 2. The van der Waals surface area contributed by atoms with Crippen LogP contribution < -0.4 is 0 Å². The number of carboxylic acids is 1. The second-order valence-electron chi connectivity index (χ2n) is 3.88. The SMILES string of the molecule is CN(CCC(=O)O)S(=O)(=O)c1ccc(O)c([N+](=O)[O-])c1. The van der Waals surface area contributed by atoms with Crippen LogP contribution in [0, 0.1) is 10.1 Å². The van der Waals surface area contributed by atoms with Crippen molar-refractivity contribution in [3.63, 3.8) is 0 Å². The lowest BCUT2D eigenvalue weighted by molar-refractivity contribution is -0.386. The first-order chi connectivity index (χ1) is 9.16. The van der Waals surface area contributed by atoms with E-state index in [2.05, 4.69) is 0 Å². The maximum atomic E-state index is 12.1. The zero-order valence-electron chi connectivity index (χ0n) is 10.4. The van der Waals surface area contributed by atoms with Gasteiger partial charge in [0.05, 0.1) is 16.2 Å². The van der Waals surface area contributed by atoms with Gasteiger partial charge in [-0.3, -0.25) is 14.9 Å². The van der Waals surface area contributed by atoms with Crippen molar-refractivity contribution in [1.29, 1.82) is 0 Å². The van der Waals surface area contributed by atoms with Crippen molar-refractivity contribution in [2.75, 3.05) is 13.6 Å². The molecule has 20 heavy (non-hydrogen) atoms. The summed E-state index contributed by atoms with van der Waals surface area (Å²) in [6, 6.07) is 2.63. The second kappa shape index (κ2) is 5.84. The van der Waals surface area contributed by atoms with E-state index in [4.69, 9.17) is 5.11 Å². The van der Waals surface area contributed by atoms with Crippen LogP contribution in [-0.2, 0) is 14.8 Å². The molecule has 1 aromatic carbocycles. The summed E-state index contributed by atoms with van der Waals surface area (Å²) in [4.78, 5) is 19.8. The summed E-state index contributed by atoms with van der Waals surface area (Å²) in [5, 5.41) is 28.4. The number of aromatic hydroxyl groups is 1. The molecule has 0 saturated carbocycles. The fourth-order valence-electron chi connectivity index (χ4n) is 1.36. The van der Waals surface area contributed by atoms with E-state index in [0.717, 1.165) is 29.6 Å². The van der Waals surface area contributed by atoms with Crippen LogP contribution in [0.2, 0.25) is 0 Å². The van der Waals surface area contributed by atoms with Gasteiger partial charge in [-0.2, -0.15) is 0 Å². The van der Waals surface area contributed by atoms with Gasteiger partial charge in [0.2, 0.25) is 10.0 Å². The molecule has 0 aliphatic carbocycles. The Morgan fingerprint density at radius 3 is 2.55 bits per heavy atom. The zero-order valence-corrected chi connectivity index (χ0v) is 11.2. The molecular formula is C10H12N2O7S. The number of rotatable bonds is 6. The van der Waals surface area contributed by atoms with Crippen molar-refractivity contribution in [2.24, 2.45) is 0 Å². The number of carboxylic acid groups (broad SMARTS) is 1. The van der Waals surface area contributed by atoms with Gasteiger partial charge < -0.3 is 10.2 Å². The lowest BCUT2D eigenvalue weighted by atomic mass is 10.3. The summed E-state index contributed by atoms with van der Waals surface area (Å²) >= 11 is 0. The van der Waals surface area contributed by atoms with Gasteiger partial charge in [0.1, 0.15) is 0 Å². The van der Waals surface area contributed by atoms with Crippen molar-refractivity contribution in [2.45, 2.75) is 11.3 Å². The van der Waals surface area contributed by atoms with Crippen LogP contribution in [0.15, 0.2) is 23.1 Å². The topological polar surface area (TPSA) is 138 Å². The highest BCUT2D eigenvalue weighted by atomic mass is 32.2. The van der Waals surface area contributed by atoms with Gasteiger partial charge in [-0.1, -0.05) is 0 Å². The molecular weight excluding hydrogens is 292 g/mol. The van der Waals surface area contributed by atoms with Gasteiger partial charge in [0, 0.05) is 19.7 Å². The van der Waals surface area contributed by atoms with E-state index in [-0.39, 0.29) is 6.54 Å². The van der Waals surface area contributed by atoms with Crippen molar-refractivity contribution in [3.8, 4) is 5.75 Å². The third kappa shape index (κ3) is 3.42. The zero-order chi connectivity index (χ0) is 15.5. The molecule has 0 bridgehead atoms. The van der Waals surface area contributed by atoms with E-state index in [1.807, 2.05) is 0 Å². The van der Waals surface area contributed by atoms with E-state index in [9.17, 15) is 28.4 Å². The first kappa shape index (κ1) is 15.9. The Balaban J connectivity index is 3.12. The maximum absolute atomic E-state index is 12.1. The lowest BCUT2D eigenvalue weighted by Gasteiger charge is -2.16. The molecule has 0 saturated heterocycles. The van der Waals surface area contributed by atoms with Crippen LogP contribution in [0.25, 0.3) is 0 Å². The van der Waals surface area contributed by atoms with Crippen molar-refractivity contribution >= 4 is 21.7 Å². The molecule has 0 amide bonds. The number of sulfonamides is 1. The van der Waals surface area contributed by atoms with Crippen molar-refractivity contribution < 1.29 is 28.3 Å². The third-order valence-electron chi connectivity index (χ3n) is 2.49. The quantitative estimate of drug-likeness (QED) is 0.572. The summed E-state index contributed by atoms with van der Waals surface area (Å²) in [7, 11) is -2.89. The summed E-state index contributed by atoms with van der Waals surface area (Å²) in [5.74, 6) is -1.81. The number of hydrogen-bond acceptors (Lipinski definition) is 6. The Morgan fingerprint density at radius 1 is 1.45 bits per heavy atom. The number of phenols is 1. The summed E-state index contributed by atoms with van der Waals surface area (Å²) < 4.78 is 24.9. The normalized spacial score (nSPS) is 11.5. The molecule has 0 aliphatic rings. The molecule has 0 atom stereocenters. The first-order valence-electron chi connectivity index (χ1n) is 5.32. The Hall–Kier alpha value is -2.20. The Kier molecular flexibility index (Phi) is 4.63. The molecule has 1 rings (SSSR count). The molecule has 0 fully saturated rings. The van der Waals surface area contributed by atoms with Crippen LogP contribution >= 0.6 is 0 Å². The number of benzene rings is 1. The summed E-state index contributed by atoms with van der Waals surface area (Å²) in [6.07, 6.45) is -0.393. The van der Waals surface area contributed by atoms with Gasteiger partial charge in [-0.05, 0) is 12.1 Å². The maximum Gasteiger partial charge on any atom is 0.312 e. The van der Waals surface area contributed by atoms with E-state index >= 15 is 0 Å². The number of aliphatic carboxylic acids is 1. The number of carbonyl (C=O) groups is 1. The molecule has 2 N–H and O–H groups in total. The molecule has 110 valence electrons. The molecule has 0 heterocycles. The fraction of sp³-hybridized carbons (Fsp3) is 0.300. The van der Waals surface area contributed by atoms with Gasteiger partial charge in [0.15, 0.2) is 5.75 Å². The molecule has 0 aromatic heterocycles. The number of nitro benzene ring substituents is 1. The van der Waals surface area contributed by atoms with E-state index in [1.54, 1.807) is 0 Å². The average molecular weight is 304 g/mol. The highest BCUT2D eigenvalue weighted by Gasteiger charge is 2.25. The number of nitro groups is 1. The minimum atomic E-state index is -4.05.